The highest BCUT2D eigenvalue weighted by Gasteiger charge is 2.37. The summed E-state index contributed by atoms with van der Waals surface area (Å²) in [5, 5.41) is 26.9. The van der Waals surface area contributed by atoms with Gasteiger partial charge in [-0.05, 0) is 0 Å². The maximum Gasteiger partial charge on any atom is 0.118 e. The lowest BCUT2D eigenvalue weighted by molar-refractivity contribution is -0.190. The molecule has 0 bridgehead atoms. The maximum absolute atomic E-state index is 12.0. The standard InChI is InChI=1S/C6H11FO4/c7-1-4-6(10)5(9)3(8)2-11-4/h3-6,8-10H,1-2H2/t3?,4?,5?,6-/m1/s1. The van der Waals surface area contributed by atoms with Gasteiger partial charge >= 0.3 is 0 Å². The number of aliphatic hydroxyl groups excluding tert-OH is 3. The fraction of sp³-hybridized carbons (Fsp3) is 1.00. The topological polar surface area (TPSA) is 69.9 Å². The maximum atomic E-state index is 12.0. The zero-order valence-corrected chi connectivity index (χ0v) is 5.85. The molecule has 0 spiro atoms. The molecular formula is C6H11FO4. The largest absolute Gasteiger partial charge is 0.388 e. The third kappa shape index (κ3) is 1.67. The molecule has 0 radical (unpaired) electrons. The van der Waals surface area contributed by atoms with Crippen LogP contribution in [-0.4, -0.2) is 53.0 Å². The molecule has 0 aromatic carbocycles. The van der Waals surface area contributed by atoms with Crippen molar-refractivity contribution in [1.29, 1.82) is 0 Å². The van der Waals surface area contributed by atoms with Gasteiger partial charge in [-0.25, -0.2) is 4.39 Å². The molecule has 0 amide bonds. The Morgan fingerprint density at radius 1 is 1.27 bits per heavy atom. The first-order chi connectivity index (χ1) is 5.16. The molecule has 1 fully saturated rings. The lowest BCUT2D eigenvalue weighted by Crippen LogP contribution is -2.53. The summed E-state index contributed by atoms with van der Waals surface area (Å²) in [6.07, 6.45) is -4.76. The van der Waals surface area contributed by atoms with Crippen LogP contribution in [0.2, 0.25) is 0 Å². The van der Waals surface area contributed by atoms with E-state index in [4.69, 9.17) is 15.3 Å². The van der Waals surface area contributed by atoms with E-state index in [2.05, 4.69) is 4.74 Å². The van der Waals surface area contributed by atoms with Crippen molar-refractivity contribution >= 4 is 0 Å². The van der Waals surface area contributed by atoms with Gasteiger partial charge in [-0.2, -0.15) is 0 Å². The molecule has 1 saturated heterocycles. The van der Waals surface area contributed by atoms with Crippen molar-refractivity contribution in [2.24, 2.45) is 0 Å². The van der Waals surface area contributed by atoms with Crippen LogP contribution < -0.4 is 0 Å². The molecule has 0 saturated carbocycles. The molecule has 0 aromatic heterocycles. The number of halogens is 1. The number of alkyl halides is 1. The van der Waals surface area contributed by atoms with Gasteiger partial charge in [-0.3, -0.25) is 0 Å². The normalized spacial score (nSPS) is 45.8. The Kier molecular flexibility index (Phi) is 2.78. The van der Waals surface area contributed by atoms with Gasteiger partial charge in [0.2, 0.25) is 0 Å². The molecule has 1 aliphatic rings. The molecule has 3 unspecified atom stereocenters. The second-order valence-corrected chi connectivity index (χ2v) is 2.57. The first-order valence-corrected chi connectivity index (χ1v) is 3.38. The van der Waals surface area contributed by atoms with E-state index in [9.17, 15) is 4.39 Å². The number of hydrogen-bond acceptors (Lipinski definition) is 4. The Morgan fingerprint density at radius 2 is 1.91 bits per heavy atom. The van der Waals surface area contributed by atoms with Crippen molar-refractivity contribution in [2.75, 3.05) is 13.3 Å². The van der Waals surface area contributed by atoms with E-state index in [0.29, 0.717) is 0 Å². The quantitative estimate of drug-likeness (QED) is 0.440. The van der Waals surface area contributed by atoms with E-state index in [1.807, 2.05) is 0 Å². The number of aliphatic hydroxyl groups is 3. The van der Waals surface area contributed by atoms with E-state index in [-0.39, 0.29) is 6.61 Å². The predicted molar refractivity (Wildman–Crippen MR) is 33.7 cm³/mol. The lowest BCUT2D eigenvalue weighted by atomic mass is 10.0. The van der Waals surface area contributed by atoms with E-state index >= 15 is 0 Å². The summed E-state index contributed by atoms with van der Waals surface area (Å²) in [7, 11) is 0. The SMILES string of the molecule is OC1COC(CF)[C@@H](O)C1O. The van der Waals surface area contributed by atoms with Crippen molar-refractivity contribution < 1.29 is 24.4 Å². The summed E-state index contributed by atoms with van der Waals surface area (Å²) in [4.78, 5) is 0. The Balaban J connectivity index is 2.52. The van der Waals surface area contributed by atoms with Gasteiger partial charge in [-0.15, -0.1) is 0 Å². The first kappa shape index (κ1) is 8.86. The number of rotatable bonds is 1. The molecule has 0 aromatic rings. The summed E-state index contributed by atoms with van der Waals surface area (Å²) in [6, 6.07) is 0. The van der Waals surface area contributed by atoms with Gasteiger partial charge in [0.1, 0.15) is 31.1 Å². The van der Waals surface area contributed by atoms with Gasteiger partial charge in [0.25, 0.3) is 0 Å². The van der Waals surface area contributed by atoms with Crippen LogP contribution in [0, 0.1) is 0 Å². The summed E-state index contributed by atoms with van der Waals surface area (Å²) in [6.45, 7) is -0.988. The summed E-state index contributed by atoms with van der Waals surface area (Å²) < 4.78 is 16.6. The van der Waals surface area contributed by atoms with Gasteiger partial charge in [0.05, 0.1) is 6.61 Å². The molecule has 1 aliphatic heterocycles. The predicted octanol–water partition coefficient (Wildman–Crippen LogP) is -1.56. The average Bonchev–Trinajstić information content (AvgIpc) is 2.01. The molecule has 11 heavy (non-hydrogen) atoms. The third-order valence-corrected chi connectivity index (χ3v) is 1.76. The monoisotopic (exact) mass is 166 g/mol. The summed E-state index contributed by atoms with van der Waals surface area (Å²) in [5.41, 5.74) is 0. The van der Waals surface area contributed by atoms with Gasteiger partial charge < -0.3 is 20.1 Å². The highest BCUT2D eigenvalue weighted by atomic mass is 19.1. The van der Waals surface area contributed by atoms with E-state index in [1.54, 1.807) is 0 Å². The molecule has 4 atom stereocenters. The van der Waals surface area contributed by atoms with Gasteiger partial charge in [-0.1, -0.05) is 0 Å². The van der Waals surface area contributed by atoms with Crippen LogP contribution in [0.25, 0.3) is 0 Å². The molecule has 0 aliphatic carbocycles. The van der Waals surface area contributed by atoms with Gasteiger partial charge in [0, 0.05) is 0 Å². The minimum absolute atomic E-state index is 0.132. The molecule has 3 N–H and O–H groups in total. The van der Waals surface area contributed by atoms with Gasteiger partial charge in [0.15, 0.2) is 0 Å². The van der Waals surface area contributed by atoms with Crippen LogP contribution in [0.5, 0.6) is 0 Å². The highest BCUT2D eigenvalue weighted by Crippen LogP contribution is 2.15. The first-order valence-electron chi connectivity index (χ1n) is 3.38. The Morgan fingerprint density at radius 3 is 2.45 bits per heavy atom. The zero-order chi connectivity index (χ0) is 8.43. The van der Waals surface area contributed by atoms with Crippen LogP contribution in [0.4, 0.5) is 4.39 Å². The van der Waals surface area contributed by atoms with E-state index in [0.717, 1.165) is 0 Å². The summed E-state index contributed by atoms with van der Waals surface area (Å²) in [5.74, 6) is 0. The minimum Gasteiger partial charge on any atom is -0.388 e. The Labute approximate surface area is 63.2 Å². The van der Waals surface area contributed by atoms with Crippen molar-refractivity contribution in [3.05, 3.63) is 0 Å². The second-order valence-electron chi connectivity index (χ2n) is 2.57. The Bertz CT molecular complexity index is 130. The fourth-order valence-corrected chi connectivity index (χ4v) is 1.00. The highest BCUT2D eigenvalue weighted by molar-refractivity contribution is 4.85. The fourth-order valence-electron chi connectivity index (χ4n) is 1.00. The second kappa shape index (κ2) is 3.44. The molecule has 4 nitrogen and oxygen atoms in total. The third-order valence-electron chi connectivity index (χ3n) is 1.76. The molecule has 66 valence electrons. The van der Waals surface area contributed by atoms with Crippen molar-refractivity contribution in [3.63, 3.8) is 0 Å². The molecule has 5 heteroatoms. The van der Waals surface area contributed by atoms with Crippen LogP contribution in [0.1, 0.15) is 0 Å². The summed E-state index contributed by atoms with van der Waals surface area (Å²) >= 11 is 0. The van der Waals surface area contributed by atoms with Crippen molar-refractivity contribution in [3.8, 4) is 0 Å². The number of ether oxygens (including phenoxy) is 1. The number of hydrogen-bond donors (Lipinski definition) is 3. The van der Waals surface area contributed by atoms with Crippen molar-refractivity contribution in [2.45, 2.75) is 24.4 Å². The smallest absolute Gasteiger partial charge is 0.118 e. The Hall–Kier alpha value is -0.230. The van der Waals surface area contributed by atoms with Crippen LogP contribution in [-0.2, 0) is 4.74 Å². The van der Waals surface area contributed by atoms with E-state index in [1.165, 1.54) is 0 Å². The molecule has 1 rings (SSSR count). The minimum atomic E-state index is -1.33. The van der Waals surface area contributed by atoms with Crippen molar-refractivity contribution in [1.82, 2.24) is 0 Å². The lowest BCUT2D eigenvalue weighted by Gasteiger charge is -2.33. The average molecular weight is 166 g/mol. The molecular weight excluding hydrogens is 155 g/mol. The van der Waals surface area contributed by atoms with Crippen LogP contribution in [0.15, 0.2) is 0 Å². The molecule has 1 heterocycles. The van der Waals surface area contributed by atoms with Crippen LogP contribution in [0.3, 0.4) is 0 Å². The van der Waals surface area contributed by atoms with Crippen LogP contribution >= 0.6 is 0 Å². The van der Waals surface area contributed by atoms with E-state index < -0.39 is 31.1 Å². The zero-order valence-electron chi connectivity index (χ0n) is 5.85.